The van der Waals surface area contributed by atoms with Gasteiger partial charge in [-0.05, 0) is 153 Å². The predicted molar refractivity (Wildman–Crippen MR) is 639 cm³/mol. The Morgan fingerprint density at radius 2 is 0.736 bits per heavy atom. The first-order valence-electron chi connectivity index (χ1n) is 53.5. The lowest BCUT2D eigenvalue weighted by Gasteiger charge is -2.08. The van der Waals surface area contributed by atoms with E-state index in [1.165, 1.54) is 63.0 Å². The molecule has 6 aromatic carbocycles. The zero-order chi connectivity index (χ0) is 113. The topological polar surface area (TPSA) is 307 Å². The largest absolute Gasteiger partial charge is 0.473 e. The van der Waals surface area contributed by atoms with Crippen molar-refractivity contribution in [2.75, 3.05) is 33.2 Å². The van der Waals surface area contributed by atoms with Gasteiger partial charge in [0.2, 0.25) is 6.79 Å². The molecule has 148 heavy (non-hydrogen) atoms. The van der Waals surface area contributed by atoms with Gasteiger partial charge in [0.1, 0.15) is 23.6 Å². The molecule has 0 unspecified atom stereocenters. The number of pyridine rings is 1. The fraction of sp³-hybridized carbons (Fsp3) is 0.390. The van der Waals surface area contributed by atoms with E-state index in [4.69, 9.17) is 32.3 Å². The third-order valence-electron chi connectivity index (χ3n) is 14.2. The van der Waals surface area contributed by atoms with Crippen LogP contribution in [-0.2, 0) is 15.9 Å². The van der Waals surface area contributed by atoms with Crippen molar-refractivity contribution in [1.29, 1.82) is 0 Å². The lowest BCUT2D eigenvalue weighted by Crippen LogP contribution is -2.03. The van der Waals surface area contributed by atoms with Gasteiger partial charge in [-0.3, -0.25) is 34.9 Å². The van der Waals surface area contributed by atoms with Crippen LogP contribution in [0.2, 0.25) is 0 Å². The molecule has 0 saturated carbocycles. The number of oxazole rings is 2. The van der Waals surface area contributed by atoms with Crippen LogP contribution in [0.5, 0.6) is 11.5 Å². The molecular formula is C123H193N15O10. The van der Waals surface area contributed by atoms with Gasteiger partial charge in [0, 0.05) is 149 Å². The first-order chi connectivity index (χ1) is 73.8. The van der Waals surface area contributed by atoms with Gasteiger partial charge < -0.3 is 45.7 Å². The zero-order valence-corrected chi connectivity index (χ0v) is 97.1. The monoisotopic (exact) mass is 2040 g/mol. The van der Waals surface area contributed by atoms with Gasteiger partial charge in [0.25, 0.3) is 0 Å². The molecule has 16 aromatic rings. The number of hydrogen-bond donors (Lipinski definition) is 0. The predicted octanol–water partition coefficient (Wildman–Crippen LogP) is 38.1. The molecule has 820 valence electrons. The number of benzene rings is 6. The Morgan fingerprint density at radius 1 is 0.277 bits per heavy atom. The second-order valence-electron chi connectivity index (χ2n) is 22.5. The van der Waals surface area contributed by atoms with Crippen LogP contribution >= 0.6 is 0 Å². The summed E-state index contributed by atoms with van der Waals surface area (Å²) in [7, 11) is 0. The molecule has 7 aliphatic rings. The molecule has 6 aliphatic heterocycles. The molecule has 23 rings (SSSR count). The molecule has 0 bridgehead atoms. The van der Waals surface area contributed by atoms with Gasteiger partial charge in [-0.25, -0.2) is 9.97 Å². The molecule has 0 amide bonds. The van der Waals surface area contributed by atoms with Crippen molar-refractivity contribution in [1.82, 2.24) is 55.4 Å². The minimum Gasteiger partial charge on any atom is -0.473 e. The number of para-hydroxylation sites is 9. The van der Waals surface area contributed by atoms with Crippen molar-refractivity contribution >= 4 is 74.6 Å². The average molecular weight is 2040 g/mol. The summed E-state index contributed by atoms with van der Waals surface area (Å²) in [5.74, 6) is 1.69. The van der Waals surface area contributed by atoms with E-state index in [9.17, 15) is 0 Å². The SMILES string of the molecule is C1=CCC=C1.C1=CN=CC1.C1=NN=CC1.C1=Nc2ccccc2C1.C1CCOC1.C1CCOCC1.CC.CC.CC.CC.CC.CC.CC.CC.CC.CC.CC.CC.CC.CC.CC.CC.CC.c1ccc2c(c1)OCO2.c1ccc2nccnc2c1.c1ccc2occc2c1.c1ccc2ocnc2c1.c1ccc2oncc2c1.c1ccncc1.c1ccnnc1.c1ccoc1.c1cnccn1.c1cnoc1.c1cocn1. The van der Waals surface area contributed by atoms with Crippen molar-refractivity contribution in [3.05, 3.63) is 367 Å². The Hall–Kier alpha value is -14.4. The summed E-state index contributed by atoms with van der Waals surface area (Å²) in [6.07, 6.45) is 62.5. The Labute approximate surface area is 895 Å². The molecule has 0 atom stereocenters. The fourth-order valence-corrected chi connectivity index (χ4v) is 8.85. The van der Waals surface area contributed by atoms with Gasteiger partial charge in [-0.2, -0.15) is 20.4 Å². The van der Waals surface area contributed by atoms with Crippen LogP contribution < -0.4 is 9.47 Å². The van der Waals surface area contributed by atoms with Crippen LogP contribution in [0, 0.1) is 0 Å². The molecule has 10 aromatic heterocycles. The highest BCUT2D eigenvalue weighted by atomic mass is 16.7. The van der Waals surface area contributed by atoms with Crippen LogP contribution in [0.25, 0.3) is 44.1 Å². The first kappa shape index (κ1) is 156. The number of hydrogen-bond acceptors (Lipinski definition) is 25. The van der Waals surface area contributed by atoms with Crippen LogP contribution in [0.1, 0.15) is 292 Å². The zero-order valence-electron chi connectivity index (χ0n) is 97.1. The summed E-state index contributed by atoms with van der Waals surface area (Å²) in [6, 6.07) is 63.7. The van der Waals surface area contributed by atoms with Gasteiger partial charge in [0.15, 0.2) is 35.5 Å². The van der Waals surface area contributed by atoms with Crippen LogP contribution in [0.4, 0.5) is 5.69 Å². The molecule has 0 spiro atoms. The molecule has 1 aliphatic carbocycles. The van der Waals surface area contributed by atoms with Crippen LogP contribution in [-0.4, -0.2) is 113 Å². The Morgan fingerprint density at radius 3 is 1.07 bits per heavy atom. The summed E-state index contributed by atoms with van der Waals surface area (Å²) in [4.78, 5) is 34.9. The van der Waals surface area contributed by atoms with Gasteiger partial charge in [-0.15, -0.1) is 0 Å². The van der Waals surface area contributed by atoms with E-state index in [1.807, 2.05) is 442 Å². The normalized spacial score (nSPS) is 10.3. The smallest absolute Gasteiger partial charge is 0.231 e. The summed E-state index contributed by atoms with van der Waals surface area (Å²) in [5.41, 5.74) is 7.94. The van der Waals surface area contributed by atoms with Crippen molar-refractivity contribution in [3.8, 4) is 11.5 Å². The number of aromatic nitrogens is 11. The van der Waals surface area contributed by atoms with E-state index in [1.54, 1.807) is 124 Å². The molecule has 16 heterocycles. The van der Waals surface area contributed by atoms with E-state index >= 15 is 0 Å². The standard InChI is InChI=1S/C8H6N2.C8H7N.C8H6O.2C7H5NO.C7H6O2.C5H5N.C5H10O.C5H6.2C4H4N2.C4H5N.C4H8O.C4H4O.C3H4N2.2C3H3NO.17C2H6/c1-2-4-8-7(3-1)9-5-6-10-8;2*1-2-4-8-7(3-1)5-6-9-8;1-2-4-7-6(3-1)8-5-9-7;1-2-4-7-6(3-1)5-8-9-7;1-2-4-7-6(3-1)8-5-9-7;2*1-2-4-6-5-3-1;1-2-4-5-3-1;1-2-6-4-3-5-1;1-2-4-6-5-3-1;4*1-2-4-5-3-1;1-2-5-3-4-1;1-2-4-5-3-1;17*1-2/h1-6H;1-4,6H,5H2;1-6H;2*1-5H;1-4H,5H2;1-5H;1-5H2;1-4H,5H2;2*1-4H;1,3-4H,2H2;1-4H2;1-4H;2-3H,1H2;2*1-3H;17*1-2H3. The summed E-state index contributed by atoms with van der Waals surface area (Å²) >= 11 is 0. The van der Waals surface area contributed by atoms with Crippen molar-refractivity contribution in [3.63, 3.8) is 0 Å². The average Bonchev–Trinajstić information content (AvgIpc) is 1.84. The first-order valence-corrected chi connectivity index (χ1v) is 53.5. The van der Waals surface area contributed by atoms with Crippen molar-refractivity contribution < 1.29 is 45.7 Å². The number of rotatable bonds is 0. The second-order valence-corrected chi connectivity index (χ2v) is 22.5. The van der Waals surface area contributed by atoms with Crippen LogP contribution in [0.3, 0.4) is 0 Å². The molecule has 0 radical (unpaired) electrons. The molecule has 2 fully saturated rings. The van der Waals surface area contributed by atoms with E-state index in [-0.39, 0.29) is 0 Å². The number of fused-ring (bicyclic) bond motifs is 6. The minimum atomic E-state index is 0.360. The highest BCUT2D eigenvalue weighted by Crippen LogP contribution is 2.30. The number of ether oxygens (including phenoxy) is 4. The van der Waals surface area contributed by atoms with Gasteiger partial charge in [-0.1, -0.05) is 367 Å². The van der Waals surface area contributed by atoms with E-state index < -0.39 is 0 Å². The Kier molecular flexibility index (Phi) is 159. The molecule has 0 N–H and O–H groups in total. The third kappa shape index (κ3) is 103. The van der Waals surface area contributed by atoms with E-state index in [0.29, 0.717) is 6.79 Å². The third-order valence-corrected chi connectivity index (χ3v) is 14.2. The quantitative estimate of drug-likeness (QED) is 0.136. The Bertz CT molecular complexity index is 4350. The number of furan rings is 2. The molecule has 25 heteroatoms. The van der Waals surface area contributed by atoms with Crippen molar-refractivity contribution in [2.45, 2.75) is 293 Å². The summed E-state index contributed by atoms with van der Waals surface area (Å²) in [6.45, 7) is 72.4. The maximum atomic E-state index is 5.12. The molecular weight excluding hydrogens is 1850 g/mol. The van der Waals surface area contributed by atoms with E-state index in [0.717, 1.165) is 113 Å². The van der Waals surface area contributed by atoms with E-state index in [2.05, 4.69) is 119 Å². The fourth-order valence-electron chi connectivity index (χ4n) is 8.85. The van der Waals surface area contributed by atoms with Gasteiger partial charge in [0.05, 0.1) is 54.1 Å². The van der Waals surface area contributed by atoms with Gasteiger partial charge >= 0.3 is 0 Å². The van der Waals surface area contributed by atoms with Crippen molar-refractivity contribution in [2.24, 2.45) is 20.2 Å². The lowest BCUT2D eigenvalue weighted by atomic mass is 10.2. The second kappa shape index (κ2) is 150. The number of allylic oxidation sites excluding steroid dienone is 5. The van der Waals surface area contributed by atoms with Crippen LogP contribution in [0.15, 0.2) is 408 Å². The highest BCUT2D eigenvalue weighted by Gasteiger charge is 2.10. The minimum absolute atomic E-state index is 0.360. The summed E-state index contributed by atoms with van der Waals surface area (Å²) in [5, 5.41) is 23.3. The lowest BCUT2D eigenvalue weighted by molar-refractivity contribution is 0.0968. The maximum Gasteiger partial charge on any atom is 0.231 e. The highest BCUT2D eigenvalue weighted by molar-refractivity contribution is 5.82. The maximum absolute atomic E-state index is 5.12. The number of nitrogens with zero attached hydrogens (tertiary/aromatic N) is 15. The number of aliphatic imine (C=N–C) groups is 2. The Balaban J connectivity index is -0.000000148. The summed E-state index contributed by atoms with van der Waals surface area (Å²) < 4.78 is 48.5. The molecule has 25 nitrogen and oxygen atoms in total. The molecule has 2 saturated heterocycles.